The minimum atomic E-state index is -4.37. The van der Waals surface area contributed by atoms with Gasteiger partial charge in [-0.05, 0) is 24.3 Å². The number of sulfonamides is 1. The van der Waals surface area contributed by atoms with Crippen LogP contribution in [0.5, 0.6) is 11.5 Å². The summed E-state index contributed by atoms with van der Waals surface area (Å²) in [5.74, 6) is -1.07. The van der Waals surface area contributed by atoms with Crippen molar-refractivity contribution in [2.75, 3.05) is 23.9 Å². The van der Waals surface area contributed by atoms with Crippen molar-refractivity contribution in [2.24, 2.45) is 5.10 Å². The van der Waals surface area contributed by atoms with Crippen molar-refractivity contribution in [2.45, 2.75) is 4.90 Å². The van der Waals surface area contributed by atoms with Crippen molar-refractivity contribution in [1.29, 1.82) is 0 Å². The third-order valence-electron chi connectivity index (χ3n) is 4.58. The lowest BCUT2D eigenvalue weighted by Crippen LogP contribution is -2.15. The summed E-state index contributed by atoms with van der Waals surface area (Å²) >= 11 is 12.1. The number of anilines is 2. The summed E-state index contributed by atoms with van der Waals surface area (Å²) in [7, 11) is -3.04. The number of halogens is 2. The summed E-state index contributed by atoms with van der Waals surface area (Å²) in [6.45, 7) is -0.676. The van der Waals surface area contributed by atoms with Gasteiger partial charge in [-0.2, -0.15) is 5.10 Å². The number of benzene rings is 3. The molecule has 0 saturated carbocycles. The first-order chi connectivity index (χ1) is 17.5. The number of nitro groups is 1. The smallest absolute Gasteiger partial charge is 0.341 e. The maximum Gasteiger partial charge on any atom is 0.341 e. The van der Waals surface area contributed by atoms with Crippen molar-refractivity contribution in [3.63, 3.8) is 0 Å². The van der Waals surface area contributed by atoms with Crippen LogP contribution in [0.25, 0.3) is 0 Å². The number of carboxylic acid groups (broad SMARTS) is 1. The molecule has 15 heteroatoms. The lowest BCUT2D eigenvalue weighted by atomic mass is 10.2. The second-order valence-electron chi connectivity index (χ2n) is 7.10. The molecule has 0 fully saturated rings. The van der Waals surface area contributed by atoms with E-state index < -0.39 is 38.1 Å². The Bertz CT molecular complexity index is 1480. The number of nitrogens with one attached hydrogen (secondary N) is 2. The number of nitrogens with zero attached hydrogens (tertiary/aromatic N) is 2. The number of hydrazone groups is 1. The summed E-state index contributed by atoms with van der Waals surface area (Å²) in [6.07, 6.45) is 1.19. The predicted octanol–water partition coefficient (Wildman–Crippen LogP) is 4.62. The Balaban J connectivity index is 1.99. The van der Waals surface area contributed by atoms with Crippen LogP contribution in [0.1, 0.15) is 5.56 Å². The minimum Gasteiger partial charge on any atom is -0.493 e. The van der Waals surface area contributed by atoms with Crippen LogP contribution in [-0.4, -0.2) is 44.3 Å². The standard InChI is InChI=1S/C22H18Cl2N4O8S/c1-35-19-9-14(23)8-13(22(19)36-12-21(29)30)11-25-26-18-7-6-15(28(31)32)10-20(18)37(33,34)27-17-5-3-2-4-16(17)24/h2-11,26-27H,12H2,1H3,(H,29,30)/b25-11+. The number of rotatable bonds is 11. The van der Waals surface area contributed by atoms with Gasteiger partial charge in [-0.3, -0.25) is 20.3 Å². The lowest BCUT2D eigenvalue weighted by molar-refractivity contribution is -0.385. The van der Waals surface area contributed by atoms with E-state index in [4.69, 9.17) is 37.8 Å². The highest BCUT2D eigenvalue weighted by Gasteiger charge is 2.23. The molecule has 0 saturated heterocycles. The highest BCUT2D eigenvalue weighted by molar-refractivity contribution is 7.93. The molecule has 0 spiro atoms. The van der Waals surface area contributed by atoms with Gasteiger partial charge in [-0.15, -0.1) is 0 Å². The molecule has 0 unspecified atom stereocenters. The normalized spacial score (nSPS) is 11.2. The predicted molar refractivity (Wildman–Crippen MR) is 138 cm³/mol. The van der Waals surface area contributed by atoms with E-state index in [2.05, 4.69) is 15.2 Å². The SMILES string of the molecule is COc1cc(Cl)cc(/C=N/Nc2ccc([N+](=O)[O-])cc2S(=O)(=O)Nc2ccccc2Cl)c1OCC(=O)O. The van der Waals surface area contributed by atoms with Crippen LogP contribution in [-0.2, 0) is 14.8 Å². The van der Waals surface area contributed by atoms with Gasteiger partial charge in [0.2, 0.25) is 0 Å². The molecule has 3 aromatic carbocycles. The van der Waals surface area contributed by atoms with Gasteiger partial charge in [0, 0.05) is 28.8 Å². The van der Waals surface area contributed by atoms with E-state index in [9.17, 15) is 23.3 Å². The van der Waals surface area contributed by atoms with Crippen molar-refractivity contribution >= 4 is 62.5 Å². The molecule has 0 radical (unpaired) electrons. The Hall–Kier alpha value is -4.07. The second-order valence-corrected chi connectivity index (χ2v) is 9.60. The van der Waals surface area contributed by atoms with Crippen LogP contribution in [0.3, 0.4) is 0 Å². The first-order valence-electron chi connectivity index (χ1n) is 10.1. The summed E-state index contributed by atoms with van der Waals surface area (Å²) in [5, 5.41) is 24.6. The molecule has 0 amide bonds. The Morgan fingerprint density at radius 3 is 2.54 bits per heavy atom. The fourth-order valence-electron chi connectivity index (χ4n) is 2.98. The Kier molecular flexibility index (Phi) is 8.76. The largest absolute Gasteiger partial charge is 0.493 e. The number of carboxylic acids is 1. The maximum absolute atomic E-state index is 13.1. The molecular weight excluding hydrogens is 551 g/mol. The van der Waals surface area contributed by atoms with Crippen molar-refractivity contribution < 1.29 is 32.7 Å². The number of ether oxygens (including phenoxy) is 2. The molecule has 0 atom stereocenters. The van der Waals surface area contributed by atoms with Crippen molar-refractivity contribution in [3.8, 4) is 11.5 Å². The monoisotopic (exact) mass is 568 g/mol. The highest BCUT2D eigenvalue weighted by atomic mass is 35.5. The third kappa shape index (κ3) is 7.00. The molecule has 0 aliphatic rings. The zero-order valence-electron chi connectivity index (χ0n) is 18.8. The molecule has 12 nitrogen and oxygen atoms in total. The Morgan fingerprint density at radius 2 is 1.89 bits per heavy atom. The van der Waals surface area contributed by atoms with Gasteiger partial charge in [0.05, 0.1) is 34.6 Å². The number of methoxy groups -OCH3 is 1. The summed E-state index contributed by atoms with van der Waals surface area (Å²) < 4.78 is 39.0. The maximum atomic E-state index is 13.1. The van der Waals surface area contributed by atoms with Crippen LogP contribution in [0.15, 0.2) is 64.6 Å². The fourth-order valence-corrected chi connectivity index (χ4v) is 4.69. The third-order valence-corrected chi connectivity index (χ3v) is 6.53. The van der Waals surface area contributed by atoms with Crippen LogP contribution in [0.2, 0.25) is 10.0 Å². The zero-order chi connectivity index (χ0) is 27.2. The quantitative estimate of drug-likeness (QED) is 0.169. The van der Waals surface area contributed by atoms with Crippen LogP contribution in [0.4, 0.5) is 17.1 Å². The van der Waals surface area contributed by atoms with Gasteiger partial charge in [-0.25, -0.2) is 13.2 Å². The van der Waals surface area contributed by atoms with Crippen LogP contribution >= 0.6 is 23.2 Å². The molecule has 37 heavy (non-hydrogen) atoms. The van der Waals surface area contributed by atoms with Gasteiger partial charge in [-0.1, -0.05) is 35.3 Å². The van der Waals surface area contributed by atoms with Gasteiger partial charge < -0.3 is 14.6 Å². The van der Waals surface area contributed by atoms with E-state index >= 15 is 0 Å². The minimum absolute atomic E-state index is 0.0248. The molecule has 0 bridgehead atoms. The molecule has 194 valence electrons. The molecular formula is C22H18Cl2N4O8S. The number of hydrogen-bond acceptors (Lipinski definition) is 9. The molecule has 3 aromatic rings. The molecule has 3 rings (SSSR count). The van der Waals surface area contributed by atoms with Gasteiger partial charge in [0.25, 0.3) is 15.7 Å². The first kappa shape index (κ1) is 27.5. The summed E-state index contributed by atoms with van der Waals surface area (Å²) in [4.78, 5) is 21.0. The second kappa shape index (κ2) is 11.8. The topological polar surface area (TPSA) is 169 Å². The number of nitro benzene ring substituents is 1. The van der Waals surface area contributed by atoms with E-state index in [-0.39, 0.29) is 38.5 Å². The van der Waals surface area contributed by atoms with Crippen LogP contribution < -0.4 is 19.6 Å². The van der Waals surface area contributed by atoms with Gasteiger partial charge >= 0.3 is 5.97 Å². The number of carbonyl (C=O) groups is 1. The Labute approximate surface area is 220 Å². The number of para-hydroxylation sites is 1. The average molecular weight is 569 g/mol. The van der Waals surface area contributed by atoms with Crippen LogP contribution in [0, 0.1) is 10.1 Å². The number of non-ortho nitro benzene ring substituents is 1. The number of hydrogen-bond donors (Lipinski definition) is 3. The highest BCUT2D eigenvalue weighted by Crippen LogP contribution is 2.34. The molecule has 0 heterocycles. The van der Waals surface area contributed by atoms with E-state index in [1.54, 1.807) is 12.1 Å². The summed E-state index contributed by atoms with van der Waals surface area (Å²) in [6, 6.07) is 12.0. The number of aliphatic carboxylic acids is 1. The van der Waals surface area contributed by atoms with Gasteiger partial charge in [0.1, 0.15) is 4.90 Å². The molecule has 0 aliphatic carbocycles. The van der Waals surface area contributed by atoms with E-state index in [0.717, 1.165) is 18.2 Å². The average Bonchev–Trinajstić information content (AvgIpc) is 2.84. The molecule has 3 N–H and O–H groups in total. The first-order valence-corrected chi connectivity index (χ1v) is 12.3. The van der Waals surface area contributed by atoms with Gasteiger partial charge in [0.15, 0.2) is 18.1 Å². The lowest BCUT2D eigenvalue weighted by Gasteiger charge is -2.14. The zero-order valence-corrected chi connectivity index (χ0v) is 21.2. The van der Waals surface area contributed by atoms with E-state index in [1.165, 1.54) is 37.6 Å². The molecule has 0 aliphatic heterocycles. The van der Waals surface area contributed by atoms with Crippen molar-refractivity contribution in [3.05, 3.63) is 80.3 Å². The fraction of sp³-hybridized carbons (Fsp3) is 0.0909. The van der Waals surface area contributed by atoms with E-state index in [1.807, 2.05) is 0 Å². The Morgan fingerprint density at radius 1 is 1.16 bits per heavy atom. The van der Waals surface area contributed by atoms with E-state index in [0.29, 0.717) is 0 Å². The molecule has 0 aromatic heterocycles. The summed E-state index contributed by atoms with van der Waals surface area (Å²) in [5.41, 5.74) is 2.21. The van der Waals surface area contributed by atoms with Crippen molar-refractivity contribution in [1.82, 2.24) is 0 Å².